The van der Waals surface area contributed by atoms with Crippen molar-refractivity contribution in [2.75, 3.05) is 40.0 Å². The topological polar surface area (TPSA) is 81.5 Å². The smallest absolute Gasteiger partial charge is 0.223 e. The van der Waals surface area contributed by atoms with Crippen LogP contribution in [-0.2, 0) is 27.4 Å². The quantitative estimate of drug-likeness (QED) is 0.767. The average molecular weight is 351 g/mol. The van der Waals surface area contributed by atoms with E-state index in [2.05, 4.69) is 20.4 Å². The first kappa shape index (κ1) is 18.3. The van der Waals surface area contributed by atoms with Gasteiger partial charge in [0.2, 0.25) is 5.91 Å². The summed E-state index contributed by atoms with van der Waals surface area (Å²) in [4.78, 5) is 15.0. The first-order chi connectivity index (χ1) is 12.3. The number of hydrogen-bond acceptors (Lipinski definition) is 6. The van der Waals surface area contributed by atoms with Crippen LogP contribution in [0, 0.1) is 5.92 Å². The van der Waals surface area contributed by atoms with Gasteiger partial charge in [-0.2, -0.15) is 0 Å². The summed E-state index contributed by atoms with van der Waals surface area (Å²) in [5.74, 6) is 1.00. The summed E-state index contributed by atoms with van der Waals surface area (Å²) in [6.45, 7) is 5.47. The molecule has 25 heavy (non-hydrogen) atoms. The lowest BCUT2D eigenvalue weighted by Crippen LogP contribution is -2.46. The molecule has 140 valence electrons. The van der Waals surface area contributed by atoms with Gasteiger partial charge in [0.25, 0.3) is 0 Å². The SMILES string of the molecule is COCCn1cnnc1CNC(=O)C1CCN(C2CCOCC2)CC1. The van der Waals surface area contributed by atoms with Gasteiger partial charge in [0, 0.05) is 38.8 Å². The number of carbonyl (C=O) groups is 1. The number of amides is 1. The molecule has 2 fully saturated rings. The van der Waals surface area contributed by atoms with Crippen molar-refractivity contribution in [2.45, 2.75) is 44.8 Å². The summed E-state index contributed by atoms with van der Waals surface area (Å²) in [6.07, 6.45) is 5.77. The molecule has 0 aromatic carbocycles. The van der Waals surface area contributed by atoms with Crippen LogP contribution in [0.3, 0.4) is 0 Å². The molecule has 1 aromatic heterocycles. The molecular weight excluding hydrogens is 322 g/mol. The number of carbonyl (C=O) groups excluding carboxylic acids is 1. The molecule has 3 rings (SSSR count). The highest BCUT2D eigenvalue weighted by Crippen LogP contribution is 2.23. The number of ether oxygens (including phenoxy) is 2. The van der Waals surface area contributed by atoms with Gasteiger partial charge in [0.15, 0.2) is 5.82 Å². The Labute approximate surface area is 148 Å². The highest BCUT2D eigenvalue weighted by molar-refractivity contribution is 5.78. The Bertz CT molecular complexity index is 536. The number of nitrogens with one attached hydrogen (secondary N) is 1. The maximum Gasteiger partial charge on any atom is 0.223 e. The zero-order valence-corrected chi connectivity index (χ0v) is 15.0. The molecule has 0 atom stereocenters. The molecule has 8 nitrogen and oxygen atoms in total. The van der Waals surface area contributed by atoms with Crippen molar-refractivity contribution in [3.8, 4) is 0 Å². The zero-order chi connectivity index (χ0) is 17.5. The molecule has 0 saturated carbocycles. The Kier molecular flexibility index (Phi) is 6.77. The molecule has 1 aromatic rings. The third kappa shape index (κ3) is 4.99. The van der Waals surface area contributed by atoms with E-state index >= 15 is 0 Å². The van der Waals surface area contributed by atoms with Crippen molar-refractivity contribution in [1.29, 1.82) is 0 Å². The van der Waals surface area contributed by atoms with Gasteiger partial charge in [-0.15, -0.1) is 10.2 Å². The number of likely N-dealkylation sites (tertiary alicyclic amines) is 1. The van der Waals surface area contributed by atoms with Crippen molar-refractivity contribution in [3.63, 3.8) is 0 Å². The molecule has 2 saturated heterocycles. The molecule has 0 spiro atoms. The molecule has 2 aliphatic heterocycles. The Balaban J connectivity index is 1.41. The molecule has 1 amide bonds. The summed E-state index contributed by atoms with van der Waals surface area (Å²) in [7, 11) is 1.67. The van der Waals surface area contributed by atoms with E-state index in [9.17, 15) is 4.79 Å². The maximum atomic E-state index is 12.5. The lowest BCUT2D eigenvalue weighted by atomic mass is 9.93. The monoisotopic (exact) mass is 351 g/mol. The van der Waals surface area contributed by atoms with Gasteiger partial charge in [0.05, 0.1) is 13.2 Å². The summed E-state index contributed by atoms with van der Waals surface area (Å²) in [5, 5.41) is 11.0. The fourth-order valence-electron chi connectivity index (χ4n) is 3.68. The van der Waals surface area contributed by atoms with Gasteiger partial charge in [-0.05, 0) is 38.8 Å². The molecule has 0 unspecified atom stereocenters. The lowest BCUT2D eigenvalue weighted by Gasteiger charge is -2.38. The Morgan fingerprint density at radius 2 is 2.08 bits per heavy atom. The minimum Gasteiger partial charge on any atom is -0.383 e. The number of piperidine rings is 1. The van der Waals surface area contributed by atoms with Gasteiger partial charge in [-0.1, -0.05) is 0 Å². The van der Waals surface area contributed by atoms with Crippen LogP contribution < -0.4 is 5.32 Å². The first-order valence-electron chi connectivity index (χ1n) is 9.23. The second-order valence-corrected chi connectivity index (χ2v) is 6.80. The Morgan fingerprint density at radius 3 is 2.80 bits per heavy atom. The van der Waals surface area contributed by atoms with E-state index in [4.69, 9.17) is 9.47 Å². The van der Waals surface area contributed by atoms with Crippen molar-refractivity contribution >= 4 is 5.91 Å². The average Bonchev–Trinajstić information content (AvgIpc) is 3.12. The third-order valence-electron chi connectivity index (χ3n) is 5.26. The second kappa shape index (κ2) is 9.26. The van der Waals surface area contributed by atoms with Crippen LogP contribution in [0.5, 0.6) is 0 Å². The largest absolute Gasteiger partial charge is 0.383 e. The summed E-state index contributed by atoms with van der Waals surface area (Å²) in [5.41, 5.74) is 0. The predicted octanol–water partition coefficient (Wildman–Crippen LogP) is 0.432. The van der Waals surface area contributed by atoms with Crippen molar-refractivity contribution < 1.29 is 14.3 Å². The molecule has 1 N–H and O–H groups in total. The second-order valence-electron chi connectivity index (χ2n) is 6.80. The van der Waals surface area contributed by atoms with Crippen LogP contribution in [0.15, 0.2) is 6.33 Å². The molecular formula is C17H29N5O3. The maximum absolute atomic E-state index is 12.5. The van der Waals surface area contributed by atoms with Gasteiger partial charge in [0.1, 0.15) is 6.33 Å². The van der Waals surface area contributed by atoms with Crippen LogP contribution in [0.1, 0.15) is 31.5 Å². The predicted molar refractivity (Wildman–Crippen MR) is 91.9 cm³/mol. The number of rotatable bonds is 7. The standard InChI is InChI=1S/C17H29N5O3/c1-24-11-8-22-13-19-20-16(22)12-18-17(23)14-2-6-21(7-3-14)15-4-9-25-10-5-15/h13-15H,2-12H2,1H3,(H,18,23). The minimum absolute atomic E-state index is 0.103. The van der Waals surface area contributed by atoms with E-state index in [1.807, 2.05) is 4.57 Å². The number of methoxy groups -OCH3 is 1. The molecule has 0 aliphatic carbocycles. The lowest BCUT2D eigenvalue weighted by molar-refractivity contribution is -0.127. The molecule has 2 aliphatic rings. The molecule has 0 bridgehead atoms. The fourth-order valence-corrected chi connectivity index (χ4v) is 3.68. The van der Waals surface area contributed by atoms with Crippen LogP contribution in [0.25, 0.3) is 0 Å². The number of nitrogens with zero attached hydrogens (tertiary/aromatic N) is 4. The van der Waals surface area contributed by atoms with E-state index in [0.717, 1.165) is 57.8 Å². The molecule has 3 heterocycles. The van der Waals surface area contributed by atoms with Gasteiger partial charge in [-0.3, -0.25) is 4.79 Å². The number of aromatic nitrogens is 3. The van der Waals surface area contributed by atoms with Crippen LogP contribution in [0.2, 0.25) is 0 Å². The third-order valence-corrected chi connectivity index (χ3v) is 5.26. The van der Waals surface area contributed by atoms with Gasteiger partial charge >= 0.3 is 0 Å². The highest BCUT2D eigenvalue weighted by atomic mass is 16.5. The highest BCUT2D eigenvalue weighted by Gasteiger charge is 2.29. The van der Waals surface area contributed by atoms with E-state index < -0.39 is 0 Å². The van der Waals surface area contributed by atoms with Crippen LogP contribution in [-0.4, -0.2) is 71.6 Å². The van der Waals surface area contributed by atoms with Crippen molar-refractivity contribution in [1.82, 2.24) is 25.0 Å². The van der Waals surface area contributed by atoms with Crippen LogP contribution in [0.4, 0.5) is 0 Å². The summed E-state index contributed by atoms with van der Waals surface area (Å²) in [6, 6.07) is 0.636. The van der Waals surface area contributed by atoms with Gasteiger partial charge < -0.3 is 24.3 Å². The summed E-state index contributed by atoms with van der Waals surface area (Å²) < 4.78 is 12.4. The van der Waals surface area contributed by atoms with E-state index in [1.165, 1.54) is 0 Å². The minimum atomic E-state index is 0.103. The van der Waals surface area contributed by atoms with Gasteiger partial charge in [-0.25, -0.2) is 0 Å². The summed E-state index contributed by atoms with van der Waals surface area (Å²) >= 11 is 0. The normalized spacial score (nSPS) is 20.7. The fraction of sp³-hybridized carbons (Fsp3) is 0.824. The Hall–Kier alpha value is -1.51. The van der Waals surface area contributed by atoms with E-state index in [0.29, 0.717) is 25.7 Å². The first-order valence-corrected chi connectivity index (χ1v) is 9.23. The van der Waals surface area contributed by atoms with Crippen LogP contribution >= 0.6 is 0 Å². The van der Waals surface area contributed by atoms with Crippen molar-refractivity contribution in [2.24, 2.45) is 5.92 Å². The van der Waals surface area contributed by atoms with E-state index in [-0.39, 0.29) is 11.8 Å². The Morgan fingerprint density at radius 1 is 1.32 bits per heavy atom. The molecule has 0 radical (unpaired) electrons. The molecule has 8 heteroatoms. The zero-order valence-electron chi connectivity index (χ0n) is 15.0. The van der Waals surface area contributed by atoms with Crippen molar-refractivity contribution in [3.05, 3.63) is 12.2 Å². The van der Waals surface area contributed by atoms with E-state index in [1.54, 1.807) is 13.4 Å². The number of hydrogen-bond donors (Lipinski definition) is 1.